The molecule has 1 N–H and O–H groups in total. The summed E-state index contributed by atoms with van der Waals surface area (Å²) in [5.74, 6) is 1.39. The number of aliphatic hydroxyl groups excluding tert-OH is 1. The molecular weight excluding hydrogens is 270 g/mol. The second-order valence-corrected chi connectivity index (χ2v) is 6.45. The summed E-state index contributed by atoms with van der Waals surface area (Å²) in [5, 5.41) is 9.45. The van der Waals surface area contributed by atoms with Crippen molar-refractivity contribution in [3.05, 3.63) is 35.4 Å². The number of thioether (sulfide) groups is 1. The number of amides is 1. The Hall–Kier alpha value is -1.00. The van der Waals surface area contributed by atoms with Crippen LogP contribution in [0.2, 0.25) is 0 Å². The molecule has 0 bridgehead atoms. The molecule has 1 rings (SSSR count). The Morgan fingerprint density at radius 3 is 2.35 bits per heavy atom. The molecule has 0 saturated heterocycles. The SMILES string of the molecule is Cc1ccc(CSCC(=O)N(CC(C)O)C(C)C)cc1. The molecule has 0 heterocycles. The predicted octanol–water partition coefficient (Wildman–Crippen LogP) is 2.85. The molecule has 3 nitrogen and oxygen atoms in total. The standard InChI is InChI=1S/C16H25NO2S/c1-12(2)17(9-14(4)18)16(19)11-20-10-15-7-5-13(3)6-8-15/h5-8,12,14,18H,9-11H2,1-4H3. The van der Waals surface area contributed by atoms with Crippen molar-refractivity contribution in [2.24, 2.45) is 0 Å². The average molecular weight is 295 g/mol. The molecule has 0 aromatic heterocycles. The van der Waals surface area contributed by atoms with Crippen LogP contribution in [0, 0.1) is 6.92 Å². The minimum atomic E-state index is -0.483. The highest BCUT2D eigenvalue weighted by Crippen LogP contribution is 2.14. The molecule has 0 aliphatic rings. The number of nitrogens with zero attached hydrogens (tertiary/aromatic N) is 1. The highest BCUT2D eigenvalue weighted by Gasteiger charge is 2.18. The van der Waals surface area contributed by atoms with Gasteiger partial charge in [0, 0.05) is 18.3 Å². The zero-order valence-electron chi connectivity index (χ0n) is 12.8. The lowest BCUT2D eigenvalue weighted by atomic mass is 10.2. The Balaban J connectivity index is 2.43. The molecule has 1 atom stereocenters. The number of hydrogen-bond donors (Lipinski definition) is 1. The van der Waals surface area contributed by atoms with Crippen LogP contribution in [0.4, 0.5) is 0 Å². The molecule has 0 spiro atoms. The Morgan fingerprint density at radius 2 is 1.85 bits per heavy atom. The van der Waals surface area contributed by atoms with Gasteiger partial charge in [0.15, 0.2) is 0 Å². The van der Waals surface area contributed by atoms with E-state index in [-0.39, 0.29) is 11.9 Å². The van der Waals surface area contributed by atoms with Crippen molar-refractivity contribution in [1.29, 1.82) is 0 Å². The van der Waals surface area contributed by atoms with Crippen molar-refractivity contribution in [3.8, 4) is 0 Å². The lowest BCUT2D eigenvalue weighted by molar-refractivity contribution is -0.131. The monoisotopic (exact) mass is 295 g/mol. The quantitative estimate of drug-likeness (QED) is 0.841. The van der Waals surface area contributed by atoms with Crippen LogP contribution in [-0.2, 0) is 10.5 Å². The van der Waals surface area contributed by atoms with Crippen LogP contribution >= 0.6 is 11.8 Å². The molecule has 0 fully saturated rings. The third kappa shape index (κ3) is 5.97. The molecule has 0 aliphatic heterocycles. The van der Waals surface area contributed by atoms with Crippen LogP contribution in [0.5, 0.6) is 0 Å². The Morgan fingerprint density at radius 1 is 1.25 bits per heavy atom. The van der Waals surface area contributed by atoms with Gasteiger partial charge >= 0.3 is 0 Å². The minimum absolute atomic E-state index is 0.0954. The van der Waals surface area contributed by atoms with Crippen molar-refractivity contribution >= 4 is 17.7 Å². The topological polar surface area (TPSA) is 40.5 Å². The summed E-state index contributed by atoms with van der Waals surface area (Å²) in [6, 6.07) is 8.50. The number of aryl methyl sites for hydroxylation is 1. The summed E-state index contributed by atoms with van der Waals surface area (Å²) < 4.78 is 0. The van der Waals surface area contributed by atoms with Gasteiger partial charge in [-0.3, -0.25) is 4.79 Å². The lowest BCUT2D eigenvalue weighted by Crippen LogP contribution is -2.42. The highest BCUT2D eigenvalue weighted by molar-refractivity contribution is 7.99. The molecule has 20 heavy (non-hydrogen) atoms. The van der Waals surface area contributed by atoms with E-state index in [0.29, 0.717) is 12.3 Å². The second kappa shape index (κ2) is 8.32. The molecule has 0 saturated carbocycles. The van der Waals surface area contributed by atoms with Gasteiger partial charge < -0.3 is 10.0 Å². The van der Waals surface area contributed by atoms with E-state index in [2.05, 4.69) is 31.2 Å². The van der Waals surface area contributed by atoms with Gasteiger partial charge in [-0.2, -0.15) is 0 Å². The van der Waals surface area contributed by atoms with Crippen molar-refractivity contribution in [3.63, 3.8) is 0 Å². The molecule has 1 amide bonds. The number of carbonyl (C=O) groups excluding carboxylic acids is 1. The summed E-state index contributed by atoms with van der Waals surface area (Å²) in [7, 11) is 0. The van der Waals surface area contributed by atoms with E-state index < -0.39 is 6.10 Å². The summed E-state index contributed by atoms with van der Waals surface area (Å²) in [4.78, 5) is 13.9. The molecule has 112 valence electrons. The molecule has 1 aromatic rings. The largest absolute Gasteiger partial charge is 0.392 e. The van der Waals surface area contributed by atoms with Gasteiger partial charge in [0.2, 0.25) is 5.91 Å². The summed E-state index contributed by atoms with van der Waals surface area (Å²) >= 11 is 1.62. The fourth-order valence-electron chi connectivity index (χ4n) is 1.91. The molecular formula is C16H25NO2S. The first kappa shape index (κ1) is 17.1. The van der Waals surface area contributed by atoms with Crippen LogP contribution in [0.25, 0.3) is 0 Å². The van der Waals surface area contributed by atoms with Crippen LogP contribution in [0.3, 0.4) is 0 Å². The number of hydrogen-bond acceptors (Lipinski definition) is 3. The first-order valence-electron chi connectivity index (χ1n) is 7.01. The molecule has 4 heteroatoms. The van der Waals surface area contributed by atoms with E-state index >= 15 is 0 Å². The number of aliphatic hydroxyl groups is 1. The van der Waals surface area contributed by atoms with Gasteiger partial charge in [0.05, 0.1) is 11.9 Å². The Bertz CT molecular complexity index is 415. The van der Waals surface area contributed by atoms with Gasteiger partial charge in [-0.05, 0) is 33.3 Å². The first-order chi connectivity index (χ1) is 9.40. The maximum absolute atomic E-state index is 12.2. The normalized spacial score (nSPS) is 12.5. The molecule has 1 unspecified atom stereocenters. The highest BCUT2D eigenvalue weighted by atomic mass is 32.2. The molecule has 1 aromatic carbocycles. The maximum atomic E-state index is 12.2. The van der Waals surface area contributed by atoms with E-state index in [4.69, 9.17) is 0 Å². The summed E-state index contributed by atoms with van der Waals surface area (Å²) in [6.07, 6.45) is -0.483. The van der Waals surface area contributed by atoms with Crippen LogP contribution in [-0.4, -0.2) is 40.4 Å². The van der Waals surface area contributed by atoms with Gasteiger partial charge in [-0.1, -0.05) is 29.8 Å². The van der Waals surface area contributed by atoms with E-state index in [1.807, 2.05) is 13.8 Å². The van der Waals surface area contributed by atoms with Crippen molar-refractivity contribution < 1.29 is 9.90 Å². The maximum Gasteiger partial charge on any atom is 0.232 e. The first-order valence-corrected chi connectivity index (χ1v) is 8.16. The zero-order chi connectivity index (χ0) is 15.1. The Labute approximate surface area is 126 Å². The third-order valence-corrected chi connectivity index (χ3v) is 4.01. The smallest absolute Gasteiger partial charge is 0.232 e. The number of benzene rings is 1. The van der Waals surface area contributed by atoms with Crippen molar-refractivity contribution in [2.45, 2.75) is 45.6 Å². The van der Waals surface area contributed by atoms with Gasteiger partial charge in [-0.15, -0.1) is 11.8 Å². The van der Waals surface area contributed by atoms with Gasteiger partial charge in [0.25, 0.3) is 0 Å². The second-order valence-electron chi connectivity index (χ2n) is 5.47. The van der Waals surface area contributed by atoms with E-state index in [1.165, 1.54) is 11.1 Å². The fourth-order valence-corrected chi connectivity index (χ4v) is 2.78. The van der Waals surface area contributed by atoms with E-state index in [9.17, 15) is 9.90 Å². The van der Waals surface area contributed by atoms with E-state index in [1.54, 1.807) is 23.6 Å². The number of carbonyl (C=O) groups is 1. The zero-order valence-corrected chi connectivity index (χ0v) is 13.6. The lowest BCUT2D eigenvalue weighted by Gasteiger charge is -2.28. The van der Waals surface area contributed by atoms with Gasteiger partial charge in [-0.25, -0.2) is 0 Å². The summed E-state index contributed by atoms with van der Waals surface area (Å²) in [5.41, 5.74) is 2.48. The van der Waals surface area contributed by atoms with Crippen LogP contribution < -0.4 is 0 Å². The number of rotatable bonds is 7. The molecule has 0 aliphatic carbocycles. The minimum Gasteiger partial charge on any atom is -0.392 e. The summed E-state index contributed by atoms with van der Waals surface area (Å²) in [6.45, 7) is 8.14. The van der Waals surface area contributed by atoms with Gasteiger partial charge in [0.1, 0.15) is 0 Å². The Kier molecular flexibility index (Phi) is 7.10. The van der Waals surface area contributed by atoms with Crippen molar-refractivity contribution in [2.75, 3.05) is 12.3 Å². The van der Waals surface area contributed by atoms with Crippen LogP contribution in [0.1, 0.15) is 31.9 Å². The third-order valence-electron chi connectivity index (χ3n) is 3.02. The van der Waals surface area contributed by atoms with Crippen molar-refractivity contribution in [1.82, 2.24) is 4.90 Å². The molecule has 0 radical (unpaired) electrons. The predicted molar refractivity (Wildman–Crippen MR) is 85.9 cm³/mol. The van der Waals surface area contributed by atoms with Crippen LogP contribution in [0.15, 0.2) is 24.3 Å². The van der Waals surface area contributed by atoms with E-state index in [0.717, 1.165) is 5.75 Å². The fraction of sp³-hybridized carbons (Fsp3) is 0.562. The average Bonchev–Trinajstić information content (AvgIpc) is 2.37.